The third-order valence-corrected chi connectivity index (χ3v) is 8.21. The number of nitrogens with zero attached hydrogens (tertiary/aromatic N) is 2. The predicted molar refractivity (Wildman–Crippen MR) is 153 cm³/mol. The molecule has 37 heavy (non-hydrogen) atoms. The molecule has 0 unspecified atom stereocenters. The predicted octanol–water partition coefficient (Wildman–Crippen LogP) is 5.67. The largest absolute Gasteiger partial charge is 0.251 e. The molecule has 0 atom stereocenters. The fourth-order valence-corrected chi connectivity index (χ4v) is 6.71. The number of rotatable bonds is 2. The van der Waals surface area contributed by atoms with E-state index in [1.54, 1.807) is 0 Å². The van der Waals surface area contributed by atoms with Crippen LogP contribution in [0.4, 0.5) is 0 Å². The second-order valence-corrected chi connectivity index (χ2v) is 10.3. The van der Waals surface area contributed by atoms with Crippen LogP contribution in [0.15, 0.2) is 115 Å². The first kappa shape index (κ1) is 20.7. The number of fused-ring (bicyclic) bond motifs is 11. The normalized spacial score (nSPS) is 13.8. The molecule has 6 aromatic rings. The lowest BCUT2D eigenvalue weighted by atomic mass is 9.65. The van der Waals surface area contributed by atoms with Gasteiger partial charge in [0.05, 0.1) is 16.7 Å². The van der Waals surface area contributed by atoms with Gasteiger partial charge in [0.25, 0.3) is 0 Å². The lowest BCUT2D eigenvalue weighted by Crippen LogP contribution is -2.33. The van der Waals surface area contributed by atoms with Gasteiger partial charge >= 0.3 is 0 Å². The zero-order chi connectivity index (χ0) is 24.6. The van der Waals surface area contributed by atoms with Crippen LogP contribution in [-0.2, 0) is 5.41 Å². The third kappa shape index (κ3) is 2.77. The van der Waals surface area contributed by atoms with E-state index in [1.807, 2.05) is 6.20 Å². The SMILES string of the molecule is Cc1ccc2nc(Bc3ccc4c(c3)C3(c5ccccc5-c5ccccc53)c3ccccc3-4)ncc2c1. The highest BCUT2D eigenvalue weighted by molar-refractivity contribution is 6.65. The molecular weight excluding hydrogens is 447 g/mol. The van der Waals surface area contributed by atoms with Crippen molar-refractivity contribution in [3.63, 3.8) is 0 Å². The van der Waals surface area contributed by atoms with E-state index in [9.17, 15) is 0 Å². The minimum atomic E-state index is -0.309. The van der Waals surface area contributed by atoms with Crippen LogP contribution in [0.5, 0.6) is 0 Å². The number of aryl methyl sites for hydroxylation is 1. The first-order chi connectivity index (χ1) is 18.2. The van der Waals surface area contributed by atoms with Crippen LogP contribution in [0.3, 0.4) is 0 Å². The highest BCUT2D eigenvalue weighted by Crippen LogP contribution is 2.62. The van der Waals surface area contributed by atoms with Gasteiger partial charge in [-0.15, -0.1) is 0 Å². The Labute approximate surface area is 216 Å². The van der Waals surface area contributed by atoms with Gasteiger partial charge in [-0.05, 0) is 63.6 Å². The summed E-state index contributed by atoms with van der Waals surface area (Å²) < 4.78 is 0. The topological polar surface area (TPSA) is 25.8 Å². The molecule has 0 radical (unpaired) electrons. The van der Waals surface area contributed by atoms with Crippen molar-refractivity contribution in [3.8, 4) is 22.3 Å². The number of hydrogen-bond donors (Lipinski definition) is 0. The van der Waals surface area contributed by atoms with Crippen LogP contribution in [0.2, 0.25) is 0 Å². The quantitative estimate of drug-likeness (QED) is 0.305. The Morgan fingerprint density at radius 1 is 0.595 bits per heavy atom. The van der Waals surface area contributed by atoms with Gasteiger partial charge in [-0.3, -0.25) is 4.98 Å². The second kappa shape index (κ2) is 7.50. The molecule has 0 aliphatic heterocycles. The van der Waals surface area contributed by atoms with Crippen LogP contribution in [0.1, 0.15) is 27.8 Å². The summed E-state index contributed by atoms with van der Waals surface area (Å²) in [6.45, 7) is 2.10. The molecule has 0 saturated carbocycles. The molecule has 2 nitrogen and oxygen atoms in total. The summed E-state index contributed by atoms with van der Waals surface area (Å²) in [5.74, 6) is 0. The van der Waals surface area contributed by atoms with Crippen molar-refractivity contribution in [1.29, 1.82) is 0 Å². The first-order valence-corrected chi connectivity index (χ1v) is 12.9. The molecule has 0 N–H and O–H groups in total. The highest BCUT2D eigenvalue weighted by Gasteiger charge is 2.51. The maximum absolute atomic E-state index is 4.89. The number of benzene rings is 5. The fraction of sp³-hybridized carbons (Fsp3) is 0.0588. The smallest absolute Gasteiger partial charge is 0.240 e. The Morgan fingerprint density at radius 2 is 1.19 bits per heavy atom. The Hall–Kier alpha value is -4.50. The maximum atomic E-state index is 4.89. The third-order valence-electron chi connectivity index (χ3n) is 8.21. The lowest BCUT2D eigenvalue weighted by Gasteiger charge is -2.30. The van der Waals surface area contributed by atoms with Crippen LogP contribution in [0, 0.1) is 6.92 Å². The minimum absolute atomic E-state index is 0.309. The van der Waals surface area contributed by atoms with Gasteiger partial charge in [-0.25, -0.2) is 4.98 Å². The van der Waals surface area contributed by atoms with E-state index < -0.39 is 0 Å². The molecule has 2 aliphatic rings. The Kier molecular flexibility index (Phi) is 4.19. The van der Waals surface area contributed by atoms with Crippen molar-refractivity contribution in [2.24, 2.45) is 0 Å². The molecule has 8 rings (SSSR count). The summed E-state index contributed by atoms with van der Waals surface area (Å²) in [4.78, 5) is 9.62. The van der Waals surface area contributed by atoms with Crippen LogP contribution in [-0.4, -0.2) is 17.2 Å². The van der Waals surface area contributed by atoms with E-state index in [4.69, 9.17) is 9.97 Å². The molecule has 1 spiro atoms. The van der Waals surface area contributed by atoms with Gasteiger partial charge in [0.1, 0.15) is 0 Å². The molecule has 1 aromatic heterocycles. The van der Waals surface area contributed by atoms with Crippen molar-refractivity contribution < 1.29 is 0 Å². The average molecular weight is 470 g/mol. The minimum Gasteiger partial charge on any atom is -0.251 e. The van der Waals surface area contributed by atoms with Crippen LogP contribution < -0.4 is 11.2 Å². The van der Waals surface area contributed by atoms with Crippen molar-refractivity contribution in [3.05, 3.63) is 143 Å². The van der Waals surface area contributed by atoms with E-state index in [0.717, 1.165) is 16.6 Å². The molecule has 0 fully saturated rings. The van der Waals surface area contributed by atoms with Gasteiger partial charge in [0.2, 0.25) is 7.28 Å². The number of hydrogen-bond acceptors (Lipinski definition) is 2. The monoisotopic (exact) mass is 470 g/mol. The first-order valence-electron chi connectivity index (χ1n) is 12.9. The lowest BCUT2D eigenvalue weighted by molar-refractivity contribution is 0.794. The fourth-order valence-electron chi connectivity index (χ4n) is 6.71. The standard InChI is InChI=1S/C34H23BN2/c1-21-14-17-32-22(18-21)20-36-33(37-32)35-23-15-16-27-26-10-4-7-13-30(26)34(31(27)19-23)28-11-5-2-8-24(28)25-9-3-6-12-29(25)34/h2-20,35H,1H3. The van der Waals surface area contributed by atoms with Crippen molar-refractivity contribution in [2.75, 3.05) is 0 Å². The highest BCUT2D eigenvalue weighted by atomic mass is 14.8. The molecule has 172 valence electrons. The van der Waals surface area contributed by atoms with E-state index in [-0.39, 0.29) is 5.41 Å². The molecule has 0 bridgehead atoms. The van der Waals surface area contributed by atoms with Gasteiger partial charge in [-0.1, -0.05) is 108 Å². The Morgan fingerprint density at radius 3 is 1.84 bits per heavy atom. The summed E-state index contributed by atoms with van der Waals surface area (Å²) in [7, 11) is 0.701. The summed E-state index contributed by atoms with van der Waals surface area (Å²) in [5, 5.41) is 1.09. The molecule has 3 heteroatoms. The van der Waals surface area contributed by atoms with E-state index in [0.29, 0.717) is 7.28 Å². The zero-order valence-corrected chi connectivity index (χ0v) is 20.6. The summed E-state index contributed by atoms with van der Waals surface area (Å²) in [6.07, 6.45) is 1.96. The van der Waals surface area contributed by atoms with Crippen molar-refractivity contribution in [1.82, 2.24) is 9.97 Å². The Balaban J connectivity index is 1.35. The Bertz CT molecular complexity index is 1820. The molecular formula is C34H23BN2. The van der Waals surface area contributed by atoms with E-state index in [1.165, 1.54) is 55.5 Å². The molecule has 1 heterocycles. The van der Waals surface area contributed by atoms with Gasteiger partial charge in [0.15, 0.2) is 0 Å². The van der Waals surface area contributed by atoms with Gasteiger partial charge in [-0.2, -0.15) is 0 Å². The van der Waals surface area contributed by atoms with Gasteiger partial charge < -0.3 is 0 Å². The van der Waals surface area contributed by atoms with E-state index >= 15 is 0 Å². The molecule has 0 amide bonds. The second-order valence-electron chi connectivity index (χ2n) is 10.3. The maximum Gasteiger partial charge on any atom is 0.240 e. The van der Waals surface area contributed by atoms with Crippen LogP contribution >= 0.6 is 0 Å². The van der Waals surface area contributed by atoms with E-state index in [2.05, 4.69) is 116 Å². The summed E-state index contributed by atoms with van der Waals surface area (Å²) >= 11 is 0. The summed E-state index contributed by atoms with van der Waals surface area (Å²) in [5.41, 5.74) is 14.8. The van der Waals surface area contributed by atoms with Crippen molar-refractivity contribution in [2.45, 2.75) is 12.3 Å². The summed E-state index contributed by atoms with van der Waals surface area (Å²) in [6, 6.07) is 40.1. The number of aromatic nitrogens is 2. The zero-order valence-electron chi connectivity index (χ0n) is 20.6. The van der Waals surface area contributed by atoms with Crippen molar-refractivity contribution >= 4 is 29.4 Å². The molecule has 0 saturated heterocycles. The molecule has 2 aliphatic carbocycles. The van der Waals surface area contributed by atoms with Gasteiger partial charge in [0, 0.05) is 11.6 Å². The average Bonchev–Trinajstić information content (AvgIpc) is 3.40. The van der Waals surface area contributed by atoms with Crippen LogP contribution in [0.25, 0.3) is 33.2 Å². The molecule has 5 aromatic carbocycles.